The number of sulfonamides is 1. The second-order valence-corrected chi connectivity index (χ2v) is 9.32. The van der Waals surface area contributed by atoms with Crippen LogP contribution in [-0.4, -0.2) is 58.6 Å². The van der Waals surface area contributed by atoms with Gasteiger partial charge in [0.05, 0.1) is 16.3 Å². The molecule has 0 unspecified atom stereocenters. The fourth-order valence-electron chi connectivity index (χ4n) is 3.51. The summed E-state index contributed by atoms with van der Waals surface area (Å²) in [6.45, 7) is 7.10. The van der Waals surface area contributed by atoms with Gasteiger partial charge in [0.15, 0.2) is 0 Å². The van der Waals surface area contributed by atoms with Gasteiger partial charge in [-0.3, -0.25) is 9.88 Å². The standard InChI is InChI=1S/C21H25N5O2S/c1-17-3-5-21(6-4-17)29(27,28)25-13-11-24(12-14-25)15-19-16-26(23-18(19)2)20-7-9-22-10-8-20/h3-10,16H,11-15H2,1-2H3. The summed E-state index contributed by atoms with van der Waals surface area (Å²) in [5, 5.41) is 4.60. The number of aryl methyl sites for hydroxylation is 2. The zero-order chi connectivity index (χ0) is 20.4. The molecular weight excluding hydrogens is 386 g/mol. The van der Waals surface area contributed by atoms with E-state index in [9.17, 15) is 8.42 Å². The summed E-state index contributed by atoms with van der Waals surface area (Å²) in [6, 6.07) is 10.9. The molecule has 0 amide bonds. The monoisotopic (exact) mass is 411 g/mol. The van der Waals surface area contributed by atoms with Crippen LogP contribution in [0.1, 0.15) is 16.8 Å². The molecule has 0 bridgehead atoms. The molecule has 1 aliphatic heterocycles. The van der Waals surface area contributed by atoms with Crippen molar-refractivity contribution in [2.45, 2.75) is 25.3 Å². The molecule has 1 saturated heterocycles. The predicted molar refractivity (Wildman–Crippen MR) is 111 cm³/mol. The van der Waals surface area contributed by atoms with Crippen LogP contribution < -0.4 is 0 Å². The molecule has 7 nitrogen and oxygen atoms in total. The molecule has 0 atom stereocenters. The van der Waals surface area contributed by atoms with Crippen LogP contribution in [0.15, 0.2) is 59.9 Å². The van der Waals surface area contributed by atoms with E-state index in [2.05, 4.69) is 15.0 Å². The molecule has 1 fully saturated rings. The van der Waals surface area contributed by atoms with Crippen molar-refractivity contribution >= 4 is 10.0 Å². The van der Waals surface area contributed by atoms with Crippen molar-refractivity contribution in [1.29, 1.82) is 0 Å². The van der Waals surface area contributed by atoms with Crippen molar-refractivity contribution in [2.24, 2.45) is 0 Å². The van der Waals surface area contributed by atoms with Gasteiger partial charge in [-0.1, -0.05) is 17.7 Å². The second-order valence-electron chi connectivity index (χ2n) is 7.38. The highest BCUT2D eigenvalue weighted by atomic mass is 32.2. The molecule has 0 radical (unpaired) electrons. The first-order valence-electron chi connectivity index (χ1n) is 9.68. The Morgan fingerprint density at radius 2 is 1.59 bits per heavy atom. The van der Waals surface area contributed by atoms with Crippen LogP contribution in [0, 0.1) is 13.8 Å². The average molecular weight is 412 g/mol. The third kappa shape index (κ3) is 4.24. The summed E-state index contributed by atoms with van der Waals surface area (Å²) in [5.41, 5.74) is 4.16. The number of nitrogens with zero attached hydrogens (tertiary/aromatic N) is 5. The summed E-state index contributed by atoms with van der Waals surface area (Å²) >= 11 is 0. The average Bonchev–Trinajstić information content (AvgIpc) is 3.10. The fraction of sp³-hybridized carbons (Fsp3) is 0.333. The first-order valence-corrected chi connectivity index (χ1v) is 11.1. The van der Waals surface area contributed by atoms with Gasteiger partial charge in [-0.15, -0.1) is 0 Å². The molecule has 4 rings (SSSR count). The minimum Gasteiger partial charge on any atom is -0.296 e. The van der Waals surface area contributed by atoms with Crippen LogP contribution in [0.25, 0.3) is 5.69 Å². The van der Waals surface area contributed by atoms with Crippen molar-refractivity contribution in [1.82, 2.24) is 24.0 Å². The normalized spacial score (nSPS) is 16.2. The molecule has 3 heterocycles. The molecule has 8 heteroatoms. The summed E-state index contributed by atoms with van der Waals surface area (Å²) < 4.78 is 29.2. The lowest BCUT2D eigenvalue weighted by atomic mass is 10.2. The van der Waals surface area contributed by atoms with Crippen molar-refractivity contribution in [3.8, 4) is 5.69 Å². The Bertz CT molecular complexity index is 1070. The molecule has 0 spiro atoms. The first-order chi connectivity index (χ1) is 13.9. The van der Waals surface area contributed by atoms with Crippen molar-refractivity contribution < 1.29 is 8.42 Å². The lowest BCUT2D eigenvalue weighted by Gasteiger charge is -2.33. The number of hydrogen-bond acceptors (Lipinski definition) is 5. The molecule has 29 heavy (non-hydrogen) atoms. The quantitative estimate of drug-likeness (QED) is 0.645. The summed E-state index contributed by atoms with van der Waals surface area (Å²) in [5.74, 6) is 0. The third-order valence-electron chi connectivity index (χ3n) is 5.31. The van der Waals surface area contributed by atoms with E-state index in [0.717, 1.165) is 29.1 Å². The van der Waals surface area contributed by atoms with E-state index in [1.807, 2.05) is 49.0 Å². The van der Waals surface area contributed by atoms with Crippen LogP contribution in [0.2, 0.25) is 0 Å². The number of hydrogen-bond donors (Lipinski definition) is 0. The maximum absolute atomic E-state index is 12.9. The predicted octanol–water partition coefficient (Wildman–Crippen LogP) is 2.39. The SMILES string of the molecule is Cc1ccc(S(=O)(=O)N2CCN(Cc3cn(-c4ccncc4)nc3C)CC2)cc1. The molecule has 0 N–H and O–H groups in total. The number of benzene rings is 1. The van der Waals surface area contributed by atoms with Gasteiger partial charge in [0.2, 0.25) is 10.0 Å². The molecule has 2 aromatic heterocycles. The van der Waals surface area contributed by atoms with Gasteiger partial charge < -0.3 is 0 Å². The zero-order valence-corrected chi connectivity index (χ0v) is 17.5. The number of rotatable bonds is 5. The fourth-order valence-corrected chi connectivity index (χ4v) is 4.93. The topological polar surface area (TPSA) is 71.3 Å². The van der Waals surface area contributed by atoms with Gasteiger partial charge in [-0.05, 0) is 38.1 Å². The van der Waals surface area contributed by atoms with E-state index in [0.29, 0.717) is 31.1 Å². The molecular formula is C21H25N5O2S. The third-order valence-corrected chi connectivity index (χ3v) is 7.22. The van der Waals surface area contributed by atoms with Gasteiger partial charge in [0, 0.05) is 56.9 Å². The summed E-state index contributed by atoms with van der Waals surface area (Å²) in [7, 11) is -3.43. The molecule has 0 aliphatic carbocycles. The van der Waals surface area contributed by atoms with E-state index in [4.69, 9.17) is 0 Å². The Labute approximate surface area is 171 Å². The number of piperazine rings is 1. The first kappa shape index (κ1) is 19.8. The second kappa shape index (κ2) is 8.06. The maximum atomic E-state index is 12.9. The van der Waals surface area contributed by atoms with E-state index >= 15 is 0 Å². The van der Waals surface area contributed by atoms with Crippen molar-refractivity contribution in [3.63, 3.8) is 0 Å². The highest BCUT2D eigenvalue weighted by Gasteiger charge is 2.28. The highest BCUT2D eigenvalue weighted by Crippen LogP contribution is 2.20. The Kier molecular flexibility index (Phi) is 5.49. The Balaban J connectivity index is 1.40. The lowest BCUT2D eigenvalue weighted by molar-refractivity contribution is 0.181. The van der Waals surface area contributed by atoms with Crippen LogP contribution >= 0.6 is 0 Å². The van der Waals surface area contributed by atoms with E-state index in [1.165, 1.54) is 0 Å². The number of pyridine rings is 1. The van der Waals surface area contributed by atoms with Gasteiger partial charge in [0.25, 0.3) is 0 Å². The minimum absolute atomic E-state index is 0.367. The highest BCUT2D eigenvalue weighted by molar-refractivity contribution is 7.89. The summed E-state index contributed by atoms with van der Waals surface area (Å²) in [4.78, 5) is 6.69. The maximum Gasteiger partial charge on any atom is 0.243 e. The Morgan fingerprint density at radius 1 is 0.931 bits per heavy atom. The minimum atomic E-state index is -3.43. The van der Waals surface area contributed by atoms with Crippen LogP contribution in [0.4, 0.5) is 0 Å². The van der Waals surface area contributed by atoms with Crippen LogP contribution in [-0.2, 0) is 16.6 Å². The molecule has 1 aliphatic rings. The zero-order valence-electron chi connectivity index (χ0n) is 16.7. The lowest BCUT2D eigenvalue weighted by Crippen LogP contribution is -2.48. The molecule has 1 aromatic carbocycles. The van der Waals surface area contributed by atoms with E-state index in [1.54, 1.807) is 28.8 Å². The molecule has 0 saturated carbocycles. The van der Waals surface area contributed by atoms with Crippen molar-refractivity contribution in [2.75, 3.05) is 26.2 Å². The number of aromatic nitrogens is 3. The molecule has 3 aromatic rings. The van der Waals surface area contributed by atoms with E-state index < -0.39 is 10.0 Å². The Morgan fingerprint density at radius 3 is 2.24 bits per heavy atom. The van der Waals surface area contributed by atoms with Crippen LogP contribution in [0.3, 0.4) is 0 Å². The van der Waals surface area contributed by atoms with E-state index in [-0.39, 0.29) is 0 Å². The van der Waals surface area contributed by atoms with Gasteiger partial charge >= 0.3 is 0 Å². The summed E-state index contributed by atoms with van der Waals surface area (Å²) in [6.07, 6.45) is 5.54. The largest absolute Gasteiger partial charge is 0.296 e. The van der Waals surface area contributed by atoms with Crippen LogP contribution in [0.5, 0.6) is 0 Å². The Hall–Kier alpha value is -2.55. The smallest absolute Gasteiger partial charge is 0.243 e. The van der Waals surface area contributed by atoms with Gasteiger partial charge in [-0.25, -0.2) is 13.1 Å². The van der Waals surface area contributed by atoms with Gasteiger partial charge in [0.1, 0.15) is 0 Å². The van der Waals surface area contributed by atoms with Crippen molar-refractivity contribution in [3.05, 3.63) is 71.8 Å². The van der Waals surface area contributed by atoms with Gasteiger partial charge in [-0.2, -0.15) is 9.40 Å². The molecule has 152 valence electrons.